The zero-order valence-corrected chi connectivity index (χ0v) is 13.1. The summed E-state index contributed by atoms with van der Waals surface area (Å²) >= 11 is 0. The summed E-state index contributed by atoms with van der Waals surface area (Å²) in [7, 11) is 1.37. The van der Waals surface area contributed by atoms with Crippen LogP contribution in [0.4, 0.5) is 13.2 Å². The van der Waals surface area contributed by atoms with Crippen LogP contribution in [0.2, 0.25) is 0 Å². The van der Waals surface area contributed by atoms with Gasteiger partial charge in [0.15, 0.2) is 5.69 Å². The number of carboxylic acid groups (broad SMARTS) is 1. The zero-order valence-electron chi connectivity index (χ0n) is 13.1. The molecular formula is C15H18F3N3O3. The Morgan fingerprint density at radius 3 is 2.71 bits per heavy atom. The number of carboxylic acids is 1. The molecule has 132 valence electrons. The van der Waals surface area contributed by atoms with Crippen LogP contribution in [0.25, 0.3) is 0 Å². The largest absolute Gasteiger partial charge is 0.481 e. The number of hydrogen-bond acceptors (Lipinski definition) is 3. The Balaban J connectivity index is 1.67. The molecule has 1 aromatic rings. The number of halogens is 3. The average Bonchev–Trinajstić information content (AvgIpc) is 3.04. The highest BCUT2D eigenvalue weighted by Crippen LogP contribution is 2.57. The summed E-state index contributed by atoms with van der Waals surface area (Å²) in [6.07, 6.45) is -2.66. The molecule has 0 aromatic carbocycles. The number of alkyl halides is 3. The third kappa shape index (κ3) is 2.99. The molecule has 0 bridgehead atoms. The summed E-state index contributed by atoms with van der Waals surface area (Å²) in [4.78, 5) is 25.1. The number of aliphatic carboxylic acids is 1. The maximum Gasteiger partial charge on any atom is 0.435 e. The predicted molar refractivity (Wildman–Crippen MR) is 75.9 cm³/mol. The van der Waals surface area contributed by atoms with Crippen molar-refractivity contribution in [3.63, 3.8) is 0 Å². The highest BCUT2D eigenvalue weighted by atomic mass is 19.4. The molecule has 0 radical (unpaired) electrons. The summed E-state index contributed by atoms with van der Waals surface area (Å²) in [6, 6.07) is 0.884. The molecule has 1 spiro atoms. The fourth-order valence-electron chi connectivity index (χ4n) is 3.60. The number of carbonyl (C=O) groups is 2. The molecule has 2 aliphatic rings. The lowest BCUT2D eigenvalue weighted by Crippen LogP contribution is -2.42. The Morgan fingerprint density at radius 2 is 2.17 bits per heavy atom. The van der Waals surface area contributed by atoms with Crippen LogP contribution in [0.3, 0.4) is 0 Å². The first kappa shape index (κ1) is 16.8. The van der Waals surface area contributed by atoms with Crippen LogP contribution >= 0.6 is 0 Å². The lowest BCUT2D eigenvalue weighted by molar-refractivity contribution is -0.141. The third-order valence-electron chi connectivity index (χ3n) is 5.05. The quantitative estimate of drug-likeness (QED) is 0.905. The van der Waals surface area contributed by atoms with Crippen molar-refractivity contribution in [3.05, 3.63) is 17.5 Å². The monoisotopic (exact) mass is 345 g/mol. The average molecular weight is 345 g/mol. The highest BCUT2D eigenvalue weighted by molar-refractivity contribution is 5.79. The van der Waals surface area contributed by atoms with Gasteiger partial charge < -0.3 is 10.0 Å². The van der Waals surface area contributed by atoms with Crippen LogP contribution in [0.5, 0.6) is 0 Å². The summed E-state index contributed by atoms with van der Waals surface area (Å²) in [5.41, 5.74) is -1.17. The van der Waals surface area contributed by atoms with E-state index in [0.29, 0.717) is 25.9 Å². The number of hydrogen-bond donors (Lipinski definition) is 1. The number of aromatic nitrogens is 2. The van der Waals surface area contributed by atoms with Gasteiger partial charge in [0.1, 0.15) is 0 Å². The van der Waals surface area contributed by atoms with Gasteiger partial charge in [0, 0.05) is 31.2 Å². The molecule has 1 N–H and O–H groups in total. The van der Waals surface area contributed by atoms with Gasteiger partial charge in [-0.15, -0.1) is 0 Å². The Kier molecular flexibility index (Phi) is 3.84. The summed E-state index contributed by atoms with van der Waals surface area (Å²) < 4.78 is 39.1. The van der Waals surface area contributed by atoms with Crippen LogP contribution in [0.15, 0.2) is 6.07 Å². The van der Waals surface area contributed by atoms with Crippen molar-refractivity contribution in [1.29, 1.82) is 0 Å². The number of amides is 1. The molecule has 24 heavy (non-hydrogen) atoms. The van der Waals surface area contributed by atoms with E-state index in [1.807, 2.05) is 0 Å². The maximum absolute atomic E-state index is 12.7. The molecule has 6 nitrogen and oxygen atoms in total. The summed E-state index contributed by atoms with van der Waals surface area (Å²) in [6.45, 7) is 0.879. The lowest BCUT2D eigenvalue weighted by Gasteiger charge is -2.33. The summed E-state index contributed by atoms with van der Waals surface area (Å²) in [5, 5.41) is 12.5. The van der Waals surface area contributed by atoms with Crippen molar-refractivity contribution in [3.8, 4) is 0 Å². The molecule has 1 amide bonds. The van der Waals surface area contributed by atoms with Gasteiger partial charge in [-0.3, -0.25) is 14.3 Å². The third-order valence-corrected chi connectivity index (χ3v) is 5.05. The highest BCUT2D eigenvalue weighted by Gasteiger charge is 2.60. The van der Waals surface area contributed by atoms with Crippen LogP contribution in [0.1, 0.15) is 30.7 Å². The normalized spacial score (nSPS) is 26.7. The van der Waals surface area contributed by atoms with Crippen molar-refractivity contribution < 1.29 is 27.9 Å². The van der Waals surface area contributed by atoms with Gasteiger partial charge in [-0.2, -0.15) is 18.3 Å². The van der Waals surface area contributed by atoms with E-state index in [-0.39, 0.29) is 23.4 Å². The minimum Gasteiger partial charge on any atom is -0.481 e. The number of aryl methyl sites for hydroxylation is 1. The van der Waals surface area contributed by atoms with Crippen LogP contribution in [0, 0.1) is 11.3 Å². The van der Waals surface area contributed by atoms with E-state index in [0.717, 1.165) is 17.2 Å². The smallest absolute Gasteiger partial charge is 0.435 e. The number of carbonyl (C=O) groups excluding carboxylic acids is 1. The number of nitrogens with zero attached hydrogens (tertiary/aromatic N) is 3. The van der Waals surface area contributed by atoms with Crippen molar-refractivity contribution >= 4 is 11.9 Å². The van der Waals surface area contributed by atoms with E-state index in [2.05, 4.69) is 5.10 Å². The van der Waals surface area contributed by atoms with Crippen LogP contribution in [-0.4, -0.2) is 44.8 Å². The zero-order chi connectivity index (χ0) is 17.7. The predicted octanol–water partition coefficient (Wildman–Crippen LogP) is 1.69. The minimum absolute atomic E-state index is 0.173. The Morgan fingerprint density at radius 1 is 1.46 bits per heavy atom. The molecule has 3 rings (SSSR count). The van der Waals surface area contributed by atoms with E-state index in [1.165, 1.54) is 7.05 Å². The first-order chi connectivity index (χ1) is 11.1. The SMILES string of the molecule is Cn1nc(C(F)(F)F)cc1CC(=O)N1CCCC2(CC2C(=O)O)C1. The second-order valence-corrected chi connectivity index (χ2v) is 6.70. The molecule has 2 atom stereocenters. The Labute approximate surface area is 136 Å². The fraction of sp³-hybridized carbons (Fsp3) is 0.667. The second kappa shape index (κ2) is 5.49. The first-order valence-electron chi connectivity index (χ1n) is 7.73. The van der Waals surface area contributed by atoms with Crippen molar-refractivity contribution in [1.82, 2.24) is 14.7 Å². The van der Waals surface area contributed by atoms with Gasteiger partial charge in [-0.1, -0.05) is 0 Å². The van der Waals surface area contributed by atoms with Gasteiger partial charge >= 0.3 is 12.1 Å². The van der Waals surface area contributed by atoms with Crippen LogP contribution in [-0.2, 0) is 29.2 Å². The van der Waals surface area contributed by atoms with E-state index < -0.39 is 23.8 Å². The lowest BCUT2D eigenvalue weighted by atomic mass is 9.92. The second-order valence-electron chi connectivity index (χ2n) is 6.70. The molecule has 2 fully saturated rings. The fourth-order valence-corrected chi connectivity index (χ4v) is 3.60. The molecule has 1 aliphatic heterocycles. The van der Waals surface area contributed by atoms with E-state index in [4.69, 9.17) is 5.11 Å². The van der Waals surface area contributed by atoms with E-state index >= 15 is 0 Å². The van der Waals surface area contributed by atoms with Gasteiger partial charge in [0.25, 0.3) is 0 Å². The maximum atomic E-state index is 12.7. The number of likely N-dealkylation sites (tertiary alicyclic amines) is 1. The molecule has 2 heterocycles. The molecule has 1 saturated heterocycles. The summed E-state index contributed by atoms with van der Waals surface area (Å²) in [5.74, 6) is -1.55. The van der Waals surface area contributed by atoms with Crippen molar-refractivity contribution in [2.45, 2.75) is 31.9 Å². The topological polar surface area (TPSA) is 75.4 Å². The van der Waals surface area contributed by atoms with E-state index in [9.17, 15) is 22.8 Å². The standard InChI is InChI=1S/C15H18F3N3O3/c1-20-9(5-11(19-20)15(16,17)18)6-12(22)21-4-2-3-14(8-21)7-10(14)13(23)24/h5,10H,2-4,6-8H2,1H3,(H,23,24). The van der Waals surface area contributed by atoms with E-state index in [1.54, 1.807) is 4.90 Å². The molecule has 1 saturated carbocycles. The molecular weight excluding hydrogens is 327 g/mol. The van der Waals surface area contributed by atoms with Crippen molar-refractivity contribution in [2.24, 2.45) is 18.4 Å². The van der Waals surface area contributed by atoms with Gasteiger partial charge in [-0.25, -0.2) is 0 Å². The molecule has 9 heteroatoms. The number of rotatable bonds is 3. The minimum atomic E-state index is -4.54. The Hall–Kier alpha value is -2.06. The molecule has 1 aliphatic carbocycles. The molecule has 2 unspecified atom stereocenters. The first-order valence-corrected chi connectivity index (χ1v) is 7.73. The van der Waals surface area contributed by atoms with Gasteiger partial charge in [0.2, 0.25) is 5.91 Å². The van der Waals surface area contributed by atoms with Crippen LogP contribution < -0.4 is 0 Å². The number of piperidine rings is 1. The Bertz CT molecular complexity index is 685. The molecule has 1 aromatic heterocycles. The van der Waals surface area contributed by atoms with Gasteiger partial charge in [0.05, 0.1) is 12.3 Å². The van der Waals surface area contributed by atoms with Crippen molar-refractivity contribution in [2.75, 3.05) is 13.1 Å². The van der Waals surface area contributed by atoms with Gasteiger partial charge in [-0.05, 0) is 25.3 Å².